The molecule has 2 unspecified atom stereocenters. The minimum Gasteiger partial charge on any atom is -0.481 e. The molecule has 1 aliphatic heterocycles. The number of unbranched alkanes of at least 4 members (excludes halogenated alkanes) is 1. The van der Waals surface area contributed by atoms with Gasteiger partial charge in [-0.25, -0.2) is 0 Å². The third-order valence-electron chi connectivity index (χ3n) is 7.47. The maximum absolute atomic E-state index is 10.8. The van der Waals surface area contributed by atoms with Crippen LogP contribution in [0, 0.1) is 17.3 Å². The van der Waals surface area contributed by atoms with E-state index in [2.05, 4.69) is 66.7 Å². The highest BCUT2D eigenvalue weighted by atomic mass is 16.5. The third kappa shape index (κ3) is 6.33. The zero-order chi connectivity index (χ0) is 22.9. The number of ether oxygens (including phenoxy) is 2. The first kappa shape index (κ1) is 23.7. The molecule has 1 saturated carbocycles. The molecule has 33 heavy (non-hydrogen) atoms. The molecule has 2 aromatic carbocycles. The van der Waals surface area contributed by atoms with Gasteiger partial charge in [0, 0.05) is 17.8 Å². The Morgan fingerprint density at radius 2 is 1.79 bits per heavy atom. The van der Waals surface area contributed by atoms with Gasteiger partial charge >= 0.3 is 5.97 Å². The molecule has 4 nitrogen and oxygen atoms in total. The number of aryl methyl sites for hydroxylation is 1. The predicted molar refractivity (Wildman–Crippen MR) is 130 cm³/mol. The van der Waals surface area contributed by atoms with E-state index in [0.717, 1.165) is 45.3 Å². The third-order valence-corrected chi connectivity index (χ3v) is 7.47. The molecule has 2 fully saturated rings. The molecule has 1 aliphatic carbocycles. The molecule has 4 rings (SSSR count). The fourth-order valence-corrected chi connectivity index (χ4v) is 5.70. The van der Waals surface area contributed by atoms with Crippen molar-refractivity contribution >= 4 is 5.97 Å². The second-order valence-corrected chi connectivity index (χ2v) is 9.67. The van der Waals surface area contributed by atoms with Crippen LogP contribution in [-0.4, -0.2) is 30.4 Å². The SMILES string of the molecule is O=C(O)CCC/C=C/C[C@@H]1[C@@H](COCc2ccccc2)C2CC1(CCc1ccccc1)CO2. The minimum absolute atomic E-state index is 0.201. The number of allylic oxidation sites excluding steroid dienone is 2. The van der Waals surface area contributed by atoms with E-state index in [1.165, 1.54) is 11.1 Å². The Balaban J connectivity index is 1.39. The number of carbonyl (C=O) groups is 1. The Morgan fingerprint density at radius 3 is 2.52 bits per heavy atom. The summed E-state index contributed by atoms with van der Waals surface area (Å²) in [5.74, 6) is 0.220. The molecule has 0 spiro atoms. The van der Waals surface area contributed by atoms with Crippen LogP contribution in [0.5, 0.6) is 0 Å². The number of carboxylic acid groups (broad SMARTS) is 1. The highest BCUT2D eigenvalue weighted by Gasteiger charge is 2.57. The lowest BCUT2D eigenvalue weighted by Crippen LogP contribution is -2.38. The lowest BCUT2D eigenvalue weighted by Gasteiger charge is -2.39. The molecule has 2 aliphatic rings. The summed E-state index contributed by atoms with van der Waals surface area (Å²) in [6.45, 7) is 2.21. The fraction of sp³-hybridized carbons (Fsp3) is 0.483. The van der Waals surface area contributed by atoms with Crippen molar-refractivity contribution in [1.29, 1.82) is 0 Å². The van der Waals surface area contributed by atoms with E-state index in [-0.39, 0.29) is 17.9 Å². The van der Waals surface area contributed by atoms with Gasteiger partial charge in [-0.3, -0.25) is 4.79 Å². The summed E-state index contributed by atoms with van der Waals surface area (Å²) < 4.78 is 12.5. The summed E-state index contributed by atoms with van der Waals surface area (Å²) in [5.41, 5.74) is 2.80. The normalized spacial score (nSPS) is 26.2. The molecule has 4 heteroatoms. The molecule has 4 atom stereocenters. The van der Waals surface area contributed by atoms with Crippen molar-refractivity contribution in [2.45, 2.75) is 57.7 Å². The van der Waals surface area contributed by atoms with Crippen LogP contribution in [0.25, 0.3) is 0 Å². The number of hydrogen-bond donors (Lipinski definition) is 1. The summed E-state index contributed by atoms with van der Waals surface area (Å²) in [5, 5.41) is 8.85. The van der Waals surface area contributed by atoms with Crippen LogP contribution in [0.15, 0.2) is 72.8 Å². The summed E-state index contributed by atoms with van der Waals surface area (Å²) >= 11 is 0. The number of benzene rings is 2. The smallest absolute Gasteiger partial charge is 0.303 e. The standard InChI is InChI=1S/C29H36O4/c30-28(31)16-10-2-1-9-15-26-25(21-32-20-24-13-7-4-8-14-24)27-19-29(26,22-33-27)18-17-23-11-5-3-6-12-23/h1,3-9,11-14,25-27H,2,10,15-22H2,(H,30,31)/b9-1+/t25-,26-,27?,29?/m1/s1. The van der Waals surface area contributed by atoms with Crippen LogP contribution >= 0.6 is 0 Å². The lowest BCUT2D eigenvalue weighted by molar-refractivity contribution is -0.137. The minimum atomic E-state index is -0.718. The van der Waals surface area contributed by atoms with E-state index >= 15 is 0 Å². The summed E-state index contributed by atoms with van der Waals surface area (Å²) in [4.78, 5) is 10.8. The van der Waals surface area contributed by atoms with Crippen molar-refractivity contribution in [3.05, 3.63) is 83.9 Å². The molecule has 1 heterocycles. The molecule has 0 amide bonds. The molecule has 2 bridgehead atoms. The topological polar surface area (TPSA) is 55.8 Å². The second-order valence-electron chi connectivity index (χ2n) is 9.67. The van der Waals surface area contributed by atoms with Gasteiger partial charge in [0.1, 0.15) is 0 Å². The quantitative estimate of drug-likeness (QED) is 0.299. The zero-order valence-corrected chi connectivity index (χ0v) is 19.4. The van der Waals surface area contributed by atoms with E-state index in [1.54, 1.807) is 0 Å². The van der Waals surface area contributed by atoms with Gasteiger partial charge in [-0.2, -0.15) is 0 Å². The highest BCUT2D eigenvalue weighted by molar-refractivity contribution is 5.66. The fourth-order valence-electron chi connectivity index (χ4n) is 5.70. The molecular formula is C29H36O4. The molecule has 2 aromatic rings. The van der Waals surface area contributed by atoms with Crippen LogP contribution in [-0.2, 0) is 27.3 Å². The van der Waals surface area contributed by atoms with E-state index in [1.807, 2.05) is 6.07 Å². The van der Waals surface area contributed by atoms with Gasteiger partial charge in [-0.05, 0) is 55.6 Å². The lowest BCUT2D eigenvalue weighted by atomic mass is 9.70. The largest absolute Gasteiger partial charge is 0.481 e. The van der Waals surface area contributed by atoms with Crippen molar-refractivity contribution in [2.75, 3.05) is 13.2 Å². The van der Waals surface area contributed by atoms with E-state index < -0.39 is 5.97 Å². The maximum Gasteiger partial charge on any atom is 0.303 e. The summed E-state index contributed by atoms with van der Waals surface area (Å²) in [6, 6.07) is 21.1. The van der Waals surface area contributed by atoms with Crippen LogP contribution in [0.2, 0.25) is 0 Å². The van der Waals surface area contributed by atoms with Gasteiger partial charge in [-0.1, -0.05) is 72.8 Å². The Morgan fingerprint density at radius 1 is 1.06 bits per heavy atom. The monoisotopic (exact) mass is 448 g/mol. The van der Waals surface area contributed by atoms with E-state index in [9.17, 15) is 4.79 Å². The maximum atomic E-state index is 10.8. The summed E-state index contributed by atoms with van der Waals surface area (Å²) in [6.07, 6.45) is 10.8. The van der Waals surface area contributed by atoms with Gasteiger partial charge < -0.3 is 14.6 Å². The molecular weight excluding hydrogens is 412 g/mol. The Kier molecular flexibility index (Phi) is 8.35. The van der Waals surface area contributed by atoms with Crippen LogP contribution < -0.4 is 0 Å². The molecule has 1 saturated heterocycles. The first-order valence-corrected chi connectivity index (χ1v) is 12.3. The average molecular weight is 449 g/mol. The number of hydrogen-bond acceptors (Lipinski definition) is 3. The number of carboxylic acids is 1. The van der Waals surface area contributed by atoms with Gasteiger partial charge in [0.25, 0.3) is 0 Å². The number of aliphatic carboxylic acids is 1. The molecule has 1 N–H and O–H groups in total. The van der Waals surface area contributed by atoms with Crippen molar-refractivity contribution in [1.82, 2.24) is 0 Å². The van der Waals surface area contributed by atoms with E-state index in [4.69, 9.17) is 14.6 Å². The highest BCUT2D eigenvalue weighted by Crippen LogP contribution is 2.57. The average Bonchev–Trinajstić information content (AvgIpc) is 3.38. The van der Waals surface area contributed by atoms with Gasteiger partial charge in [0.2, 0.25) is 0 Å². The van der Waals surface area contributed by atoms with E-state index in [0.29, 0.717) is 24.9 Å². The number of fused-ring (bicyclic) bond motifs is 2. The van der Waals surface area contributed by atoms with Crippen LogP contribution in [0.1, 0.15) is 49.7 Å². The predicted octanol–water partition coefficient (Wildman–Crippen LogP) is 6.06. The number of rotatable bonds is 13. The molecule has 176 valence electrons. The zero-order valence-electron chi connectivity index (χ0n) is 19.4. The van der Waals surface area contributed by atoms with Crippen molar-refractivity contribution in [3.63, 3.8) is 0 Å². The van der Waals surface area contributed by atoms with Crippen molar-refractivity contribution in [2.24, 2.45) is 17.3 Å². The Hall–Kier alpha value is -2.43. The van der Waals surface area contributed by atoms with Crippen molar-refractivity contribution in [3.8, 4) is 0 Å². The molecule has 0 radical (unpaired) electrons. The molecule has 0 aromatic heterocycles. The Bertz CT molecular complexity index is 894. The van der Waals surface area contributed by atoms with Crippen LogP contribution in [0.4, 0.5) is 0 Å². The first-order chi connectivity index (χ1) is 16.2. The van der Waals surface area contributed by atoms with Crippen LogP contribution in [0.3, 0.4) is 0 Å². The Labute approximate surface area is 197 Å². The van der Waals surface area contributed by atoms with Crippen molar-refractivity contribution < 1.29 is 19.4 Å². The van der Waals surface area contributed by atoms with Gasteiger partial charge in [0.15, 0.2) is 0 Å². The first-order valence-electron chi connectivity index (χ1n) is 12.3. The van der Waals surface area contributed by atoms with Gasteiger partial charge in [-0.15, -0.1) is 0 Å². The summed E-state index contributed by atoms with van der Waals surface area (Å²) in [7, 11) is 0. The van der Waals surface area contributed by atoms with Gasteiger partial charge in [0.05, 0.1) is 25.9 Å². The second kappa shape index (κ2) is 11.6.